The molecule has 0 radical (unpaired) electrons. The zero-order chi connectivity index (χ0) is 19.2. The molecule has 3 aromatic rings. The second kappa shape index (κ2) is 8.33. The van der Waals surface area contributed by atoms with Crippen LogP contribution in [0.5, 0.6) is 5.75 Å². The molecule has 0 saturated heterocycles. The highest BCUT2D eigenvalue weighted by atomic mass is 16.3. The molecule has 0 aliphatic rings. The quantitative estimate of drug-likeness (QED) is 0.476. The van der Waals surface area contributed by atoms with E-state index in [9.17, 15) is 15.0 Å². The fourth-order valence-electron chi connectivity index (χ4n) is 2.72. The van der Waals surface area contributed by atoms with E-state index in [1.165, 1.54) is 18.3 Å². The number of amides is 1. The van der Waals surface area contributed by atoms with E-state index in [1.807, 2.05) is 11.8 Å². The number of carbonyl (C=O) groups excluding carboxylic acids is 1. The number of hydrogen-bond acceptors (Lipinski definition) is 6. The Kier molecular flexibility index (Phi) is 5.68. The monoisotopic (exact) mass is 367 g/mol. The molecule has 3 rings (SSSR count). The molecule has 0 fully saturated rings. The minimum atomic E-state index is -0.314. The van der Waals surface area contributed by atoms with Crippen LogP contribution in [0.2, 0.25) is 0 Å². The lowest BCUT2D eigenvalue weighted by Gasteiger charge is -2.23. The Balaban J connectivity index is 1.94. The van der Waals surface area contributed by atoms with Gasteiger partial charge in [0, 0.05) is 36.7 Å². The average Bonchev–Trinajstić information content (AvgIpc) is 3.22. The molecule has 0 atom stereocenters. The van der Waals surface area contributed by atoms with E-state index in [2.05, 4.69) is 20.5 Å². The maximum absolute atomic E-state index is 12.6. The molecule has 0 spiro atoms. The zero-order valence-corrected chi connectivity index (χ0v) is 14.9. The first-order valence-corrected chi connectivity index (χ1v) is 8.58. The molecule has 0 bridgehead atoms. The molecular weight excluding hydrogens is 346 g/mol. The van der Waals surface area contributed by atoms with Gasteiger partial charge in [-0.05, 0) is 43.3 Å². The molecular formula is C19H21N5O3. The standard InChI is InChI=1S/C19H21N5O3/c1-2-24(9-10-25)18-16(17-7-8-21-23-17)11-13(12-20-18)19(27)22-14-3-5-15(26)6-4-14/h3-8,11-12,25-26H,2,9-10H2,1H3,(H,21,23)(H,22,27). The number of likely N-dealkylation sites (N-methyl/N-ethyl adjacent to an activating group) is 1. The van der Waals surface area contributed by atoms with Crippen LogP contribution in [0.15, 0.2) is 48.8 Å². The summed E-state index contributed by atoms with van der Waals surface area (Å²) in [6, 6.07) is 9.78. The van der Waals surface area contributed by atoms with Crippen molar-refractivity contribution < 1.29 is 15.0 Å². The van der Waals surface area contributed by atoms with Gasteiger partial charge in [0.2, 0.25) is 0 Å². The van der Waals surface area contributed by atoms with Crippen LogP contribution < -0.4 is 10.2 Å². The molecule has 0 aliphatic carbocycles. The van der Waals surface area contributed by atoms with E-state index >= 15 is 0 Å². The van der Waals surface area contributed by atoms with Crippen LogP contribution in [0, 0.1) is 0 Å². The van der Waals surface area contributed by atoms with Crippen LogP contribution in [0.1, 0.15) is 17.3 Å². The molecule has 140 valence electrons. The van der Waals surface area contributed by atoms with Crippen molar-refractivity contribution in [3.8, 4) is 17.0 Å². The Labute approximate surface area is 156 Å². The molecule has 8 nitrogen and oxygen atoms in total. The van der Waals surface area contributed by atoms with Gasteiger partial charge in [-0.3, -0.25) is 9.89 Å². The number of carbonyl (C=O) groups is 1. The topological polar surface area (TPSA) is 114 Å². The van der Waals surface area contributed by atoms with Crippen molar-refractivity contribution in [3.63, 3.8) is 0 Å². The van der Waals surface area contributed by atoms with Gasteiger partial charge in [0.05, 0.1) is 17.9 Å². The van der Waals surface area contributed by atoms with E-state index < -0.39 is 0 Å². The zero-order valence-electron chi connectivity index (χ0n) is 14.9. The molecule has 27 heavy (non-hydrogen) atoms. The number of phenols is 1. The molecule has 0 aliphatic heterocycles. The van der Waals surface area contributed by atoms with Crippen molar-refractivity contribution in [3.05, 3.63) is 54.4 Å². The highest BCUT2D eigenvalue weighted by Gasteiger charge is 2.17. The average molecular weight is 367 g/mol. The number of aromatic hydroxyl groups is 1. The summed E-state index contributed by atoms with van der Waals surface area (Å²) in [6.07, 6.45) is 3.13. The number of H-pyrrole nitrogens is 1. The Hall–Kier alpha value is -3.39. The highest BCUT2D eigenvalue weighted by Crippen LogP contribution is 2.28. The van der Waals surface area contributed by atoms with Crippen molar-refractivity contribution in [2.24, 2.45) is 0 Å². The first kappa shape index (κ1) is 18.4. The summed E-state index contributed by atoms with van der Waals surface area (Å²) < 4.78 is 0. The van der Waals surface area contributed by atoms with Gasteiger partial charge in [-0.25, -0.2) is 4.98 Å². The van der Waals surface area contributed by atoms with Gasteiger partial charge in [-0.15, -0.1) is 0 Å². The number of pyridine rings is 1. The predicted molar refractivity (Wildman–Crippen MR) is 103 cm³/mol. The smallest absolute Gasteiger partial charge is 0.257 e. The molecule has 2 aromatic heterocycles. The molecule has 0 unspecified atom stereocenters. The molecule has 8 heteroatoms. The Morgan fingerprint density at radius 3 is 2.67 bits per heavy atom. The minimum absolute atomic E-state index is 0.00102. The van der Waals surface area contributed by atoms with E-state index in [0.717, 1.165) is 11.3 Å². The summed E-state index contributed by atoms with van der Waals surface area (Å²) in [6.45, 7) is 3.07. The lowest BCUT2D eigenvalue weighted by Crippen LogP contribution is -2.28. The van der Waals surface area contributed by atoms with Crippen molar-refractivity contribution in [2.45, 2.75) is 6.92 Å². The van der Waals surface area contributed by atoms with Crippen molar-refractivity contribution >= 4 is 17.4 Å². The van der Waals surface area contributed by atoms with Crippen LogP contribution in [-0.2, 0) is 0 Å². The fourth-order valence-corrected chi connectivity index (χ4v) is 2.72. The minimum Gasteiger partial charge on any atom is -0.508 e. The molecule has 4 N–H and O–H groups in total. The maximum atomic E-state index is 12.6. The number of hydrogen-bond donors (Lipinski definition) is 4. The van der Waals surface area contributed by atoms with Gasteiger partial charge in [-0.1, -0.05) is 0 Å². The van der Waals surface area contributed by atoms with E-state index in [0.29, 0.717) is 30.2 Å². The SMILES string of the molecule is CCN(CCO)c1ncc(C(=O)Nc2ccc(O)cc2)cc1-c1ccn[nH]1. The van der Waals surface area contributed by atoms with Crippen molar-refractivity contribution in [2.75, 3.05) is 29.9 Å². The van der Waals surface area contributed by atoms with Crippen LogP contribution in [0.25, 0.3) is 11.3 Å². The van der Waals surface area contributed by atoms with Crippen molar-refractivity contribution in [1.82, 2.24) is 15.2 Å². The van der Waals surface area contributed by atoms with Gasteiger partial charge in [-0.2, -0.15) is 5.10 Å². The summed E-state index contributed by atoms with van der Waals surface area (Å²) in [5.41, 5.74) is 2.41. The number of nitrogens with zero attached hydrogens (tertiary/aromatic N) is 3. The third-order valence-corrected chi connectivity index (χ3v) is 4.10. The summed E-state index contributed by atoms with van der Waals surface area (Å²) in [5, 5.41) is 28.3. The number of benzene rings is 1. The number of phenolic OH excluding ortho intramolecular Hbond substituents is 1. The number of aromatic nitrogens is 3. The van der Waals surface area contributed by atoms with Gasteiger partial charge < -0.3 is 20.4 Å². The first-order chi connectivity index (χ1) is 13.1. The lowest BCUT2D eigenvalue weighted by atomic mass is 10.1. The molecule has 2 heterocycles. The van der Waals surface area contributed by atoms with Gasteiger partial charge in [0.15, 0.2) is 0 Å². The summed E-state index contributed by atoms with van der Waals surface area (Å²) in [7, 11) is 0. The Morgan fingerprint density at radius 1 is 1.26 bits per heavy atom. The summed E-state index contributed by atoms with van der Waals surface area (Å²) in [5.74, 6) is 0.479. The van der Waals surface area contributed by atoms with Crippen LogP contribution in [0.4, 0.5) is 11.5 Å². The van der Waals surface area contributed by atoms with Crippen LogP contribution in [0.3, 0.4) is 0 Å². The predicted octanol–water partition coefficient (Wildman–Crippen LogP) is 2.25. The van der Waals surface area contributed by atoms with Crippen molar-refractivity contribution in [1.29, 1.82) is 0 Å². The van der Waals surface area contributed by atoms with Crippen LogP contribution in [-0.4, -0.2) is 51.0 Å². The molecule has 1 amide bonds. The number of aliphatic hydroxyl groups is 1. The second-order valence-corrected chi connectivity index (χ2v) is 5.87. The van der Waals surface area contributed by atoms with Crippen LogP contribution >= 0.6 is 0 Å². The normalized spacial score (nSPS) is 10.6. The molecule has 0 saturated carbocycles. The number of nitrogens with one attached hydrogen (secondary N) is 2. The third-order valence-electron chi connectivity index (χ3n) is 4.10. The Morgan fingerprint density at radius 2 is 2.04 bits per heavy atom. The van der Waals surface area contributed by atoms with E-state index in [-0.39, 0.29) is 18.3 Å². The highest BCUT2D eigenvalue weighted by molar-refractivity contribution is 6.05. The number of rotatable bonds is 7. The van der Waals surface area contributed by atoms with E-state index in [4.69, 9.17) is 0 Å². The van der Waals surface area contributed by atoms with Gasteiger partial charge >= 0.3 is 0 Å². The Bertz CT molecular complexity index is 894. The maximum Gasteiger partial charge on any atom is 0.257 e. The number of aliphatic hydroxyl groups excluding tert-OH is 1. The van der Waals surface area contributed by atoms with Gasteiger partial charge in [0.25, 0.3) is 5.91 Å². The lowest BCUT2D eigenvalue weighted by molar-refractivity contribution is 0.102. The number of anilines is 2. The first-order valence-electron chi connectivity index (χ1n) is 8.58. The fraction of sp³-hybridized carbons (Fsp3) is 0.211. The number of aromatic amines is 1. The van der Waals surface area contributed by atoms with E-state index in [1.54, 1.807) is 30.5 Å². The third kappa shape index (κ3) is 4.24. The van der Waals surface area contributed by atoms with Gasteiger partial charge in [0.1, 0.15) is 11.6 Å². The largest absolute Gasteiger partial charge is 0.508 e. The second-order valence-electron chi connectivity index (χ2n) is 5.87. The molecule has 1 aromatic carbocycles. The summed E-state index contributed by atoms with van der Waals surface area (Å²) in [4.78, 5) is 19.0. The summed E-state index contributed by atoms with van der Waals surface area (Å²) >= 11 is 0.